The van der Waals surface area contributed by atoms with Gasteiger partial charge < -0.3 is 10.2 Å². The van der Waals surface area contributed by atoms with E-state index in [1.807, 2.05) is 0 Å². The molecule has 0 aliphatic heterocycles. The molecule has 5 nitrogen and oxygen atoms in total. The quantitative estimate of drug-likeness (QED) is 0.907. The van der Waals surface area contributed by atoms with Crippen LogP contribution in [0.2, 0.25) is 0 Å². The minimum atomic E-state index is -1.08. The molecule has 2 N–H and O–H groups in total. The molecule has 1 aliphatic carbocycles. The summed E-state index contributed by atoms with van der Waals surface area (Å²) in [6.07, 6.45) is 4.43. The van der Waals surface area contributed by atoms with Gasteiger partial charge in [-0.25, -0.2) is 0 Å². The van der Waals surface area contributed by atoms with E-state index < -0.39 is 11.9 Å². The van der Waals surface area contributed by atoms with Gasteiger partial charge in [0.25, 0.3) is 0 Å². The maximum Gasteiger partial charge on any atom is 0.303 e. The molecular weight excluding hydrogens is 294 g/mol. The van der Waals surface area contributed by atoms with Gasteiger partial charge >= 0.3 is 11.9 Å². The van der Waals surface area contributed by atoms with Gasteiger partial charge in [0.1, 0.15) is 0 Å². The van der Waals surface area contributed by atoms with E-state index in [1.165, 1.54) is 47.9 Å². The fourth-order valence-corrected chi connectivity index (χ4v) is 2.83. The van der Waals surface area contributed by atoms with Gasteiger partial charge in [0.15, 0.2) is 0 Å². The molecule has 5 heteroatoms. The smallest absolute Gasteiger partial charge is 0.303 e. The van der Waals surface area contributed by atoms with Gasteiger partial charge in [-0.2, -0.15) is 0 Å². The van der Waals surface area contributed by atoms with E-state index in [9.17, 15) is 9.59 Å². The number of aliphatic carboxylic acids is 2. The number of aryl methyl sites for hydroxylation is 2. The molecule has 0 radical (unpaired) electrons. The highest BCUT2D eigenvalue weighted by molar-refractivity contribution is 5.83. The van der Waals surface area contributed by atoms with Crippen LogP contribution in [0, 0.1) is 6.92 Å². The van der Waals surface area contributed by atoms with Crippen LogP contribution >= 0.6 is 0 Å². The fourth-order valence-electron chi connectivity index (χ4n) is 2.83. The van der Waals surface area contributed by atoms with E-state index >= 15 is 0 Å². The van der Waals surface area contributed by atoms with Crippen molar-refractivity contribution in [1.29, 1.82) is 0 Å². The Hall–Kier alpha value is -2.43. The van der Waals surface area contributed by atoms with Crippen LogP contribution in [0.5, 0.6) is 0 Å². The molecule has 0 bridgehead atoms. The topological polar surface area (TPSA) is 87.5 Å². The summed E-state index contributed by atoms with van der Waals surface area (Å²) in [6, 6.07) is 8.49. The van der Waals surface area contributed by atoms with E-state index in [2.05, 4.69) is 31.2 Å². The van der Waals surface area contributed by atoms with Crippen molar-refractivity contribution in [2.75, 3.05) is 0 Å². The van der Waals surface area contributed by atoms with Crippen molar-refractivity contribution in [2.24, 2.45) is 0 Å². The van der Waals surface area contributed by atoms with Gasteiger partial charge in [-0.05, 0) is 49.8 Å². The van der Waals surface area contributed by atoms with Crippen molar-refractivity contribution >= 4 is 22.8 Å². The summed E-state index contributed by atoms with van der Waals surface area (Å²) in [6.45, 7) is 2.24. The maximum atomic E-state index is 9.64. The van der Waals surface area contributed by atoms with Gasteiger partial charge in [-0.15, -0.1) is 0 Å². The first-order valence-electron chi connectivity index (χ1n) is 7.79. The van der Waals surface area contributed by atoms with Crippen molar-refractivity contribution in [3.63, 3.8) is 0 Å². The van der Waals surface area contributed by atoms with Crippen LogP contribution in [-0.2, 0) is 22.4 Å². The van der Waals surface area contributed by atoms with Crippen LogP contribution in [0.3, 0.4) is 0 Å². The van der Waals surface area contributed by atoms with E-state index in [4.69, 9.17) is 15.2 Å². The standard InChI is InChI=1S/C14H15N.C4H6O4/c1-10-11-6-2-4-8-13(11)15-14-9-5-3-7-12(10)14;5-3(6)1-2-4(7)8/h2,4,6,8H,3,5,7,9H2,1H3;1-2H2,(H,5,6)(H,7,8). The number of hydrogen-bond donors (Lipinski definition) is 2. The van der Waals surface area contributed by atoms with E-state index in [0.29, 0.717) is 0 Å². The third-order valence-corrected chi connectivity index (χ3v) is 4.01. The molecule has 0 spiro atoms. The molecule has 1 aliphatic rings. The van der Waals surface area contributed by atoms with Crippen molar-refractivity contribution in [3.05, 3.63) is 41.1 Å². The number of hydrogen-bond acceptors (Lipinski definition) is 3. The highest BCUT2D eigenvalue weighted by Gasteiger charge is 2.14. The van der Waals surface area contributed by atoms with Crippen LogP contribution in [0.1, 0.15) is 42.5 Å². The molecule has 0 atom stereocenters. The van der Waals surface area contributed by atoms with E-state index in [0.717, 1.165) is 5.52 Å². The summed E-state index contributed by atoms with van der Waals surface area (Å²) in [5.74, 6) is -2.15. The lowest BCUT2D eigenvalue weighted by molar-refractivity contribution is -0.143. The molecule has 2 aromatic rings. The molecule has 0 amide bonds. The van der Waals surface area contributed by atoms with Crippen LogP contribution in [0.25, 0.3) is 10.9 Å². The first-order valence-corrected chi connectivity index (χ1v) is 7.79. The lowest BCUT2D eigenvalue weighted by Gasteiger charge is -2.18. The molecule has 1 aromatic heterocycles. The Labute approximate surface area is 135 Å². The Morgan fingerprint density at radius 3 is 2.30 bits per heavy atom. The van der Waals surface area contributed by atoms with Crippen LogP contribution in [-0.4, -0.2) is 27.1 Å². The first kappa shape index (κ1) is 16.9. The summed E-state index contributed by atoms with van der Waals surface area (Å²) in [5.41, 5.74) is 5.48. The van der Waals surface area contributed by atoms with E-state index in [1.54, 1.807) is 0 Å². The average molecular weight is 315 g/mol. The Morgan fingerprint density at radius 2 is 1.65 bits per heavy atom. The Morgan fingerprint density at radius 1 is 1.04 bits per heavy atom. The molecular formula is C18H21NO4. The lowest BCUT2D eigenvalue weighted by Crippen LogP contribution is -2.07. The van der Waals surface area contributed by atoms with Crippen molar-refractivity contribution in [2.45, 2.75) is 45.4 Å². The number of para-hydroxylation sites is 1. The SMILES string of the molecule is Cc1c2c(nc3ccccc13)CCCC2.O=C(O)CCC(=O)O. The lowest BCUT2D eigenvalue weighted by atomic mass is 9.90. The molecule has 122 valence electrons. The summed E-state index contributed by atoms with van der Waals surface area (Å²) < 4.78 is 0. The summed E-state index contributed by atoms with van der Waals surface area (Å²) in [5, 5.41) is 17.1. The Kier molecular flexibility index (Phi) is 5.68. The molecule has 23 heavy (non-hydrogen) atoms. The second kappa shape index (κ2) is 7.72. The summed E-state index contributed by atoms with van der Waals surface area (Å²) in [4.78, 5) is 24.1. The van der Waals surface area contributed by atoms with Gasteiger partial charge in [-0.1, -0.05) is 18.2 Å². The number of rotatable bonds is 3. The van der Waals surface area contributed by atoms with Crippen molar-refractivity contribution in [3.8, 4) is 0 Å². The maximum absolute atomic E-state index is 9.64. The Bertz CT molecular complexity index is 710. The predicted octanol–water partition coefficient (Wildman–Crippen LogP) is 3.36. The largest absolute Gasteiger partial charge is 0.481 e. The fraction of sp³-hybridized carbons (Fsp3) is 0.389. The number of benzene rings is 1. The number of carboxylic acids is 2. The minimum absolute atomic E-state index is 0.296. The zero-order valence-electron chi connectivity index (χ0n) is 13.2. The predicted molar refractivity (Wildman–Crippen MR) is 87.6 cm³/mol. The summed E-state index contributed by atoms with van der Waals surface area (Å²) >= 11 is 0. The highest BCUT2D eigenvalue weighted by atomic mass is 16.4. The molecule has 0 unspecified atom stereocenters. The molecule has 0 fully saturated rings. The number of fused-ring (bicyclic) bond motifs is 2. The van der Waals surface area contributed by atoms with Crippen LogP contribution in [0.4, 0.5) is 0 Å². The highest BCUT2D eigenvalue weighted by Crippen LogP contribution is 2.28. The van der Waals surface area contributed by atoms with Gasteiger partial charge in [0.2, 0.25) is 0 Å². The first-order chi connectivity index (χ1) is 11.0. The molecule has 3 rings (SSSR count). The van der Waals surface area contributed by atoms with Crippen molar-refractivity contribution < 1.29 is 19.8 Å². The zero-order chi connectivity index (χ0) is 16.8. The van der Waals surface area contributed by atoms with Gasteiger partial charge in [-0.3, -0.25) is 14.6 Å². The van der Waals surface area contributed by atoms with Crippen LogP contribution < -0.4 is 0 Å². The molecule has 1 heterocycles. The van der Waals surface area contributed by atoms with Gasteiger partial charge in [0, 0.05) is 11.1 Å². The molecule has 1 aromatic carbocycles. The molecule has 0 saturated carbocycles. The number of pyridine rings is 1. The number of carbonyl (C=O) groups is 2. The average Bonchev–Trinajstić information content (AvgIpc) is 2.54. The summed E-state index contributed by atoms with van der Waals surface area (Å²) in [7, 11) is 0. The van der Waals surface area contributed by atoms with Gasteiger partial charge in [0.05, 0.1) is 18.4 Å². The third kappa shape index (κ3) is 4.52. The second-order valence-corrected chi connectivity index (χ2v) is 5.67. The number of carboxylic acid groups (broad SMARTS) is 2. The third-order valence-electron chi connectivity index (χ3n) is 4.01. The molecule has 0 saturated heterocycles. The monoisotopic (exact) mass is 315 g/mol. The number of aromatic nitrogens is 1. The normalized spacial score (nSPS) is 12.9. The van der Waals surface area contributed by atoms with E-state index in [-0.39, 0.29) is 12.8 Å². The minimum Gasteiger partial charge on any atom is -0.481 e. The Balaban J connectivity index is 0.000000207. The number of nitrogens with zero attached hydrogens (tertiary/aromatic N) is 1. The zero-order valence-corrected chi connectivity index (χ0v) is 13.2. The second-order valence-electron chi connectivity index (χ2n) is 5.67. The van der Waals surface area contributed by atoms with Crippen molar-refractivity contribution in [1.82, 2.24) is 4.98 Å². The van der Waals surface area contributed by atoms with Crippen LogP contribution in [0.15, 0.2) is 24.3 Å².